The van der Waals surface area contributed by atoms with Gasteiger partial charge in [-0.25, -0.2) is 0 Å². The largest absolute Gasteiger partial charge is 0.322 e. The van der Waals surface area contributed by atoms with Crippen LogP contribution < -0.4 is 4.90 Å². The number of halogens is 1. The molecule has 1 amide bonds. The Bertz CT molecular complexity index is 1410. The summed E-state index contributed by atoms with van der Waals surface area (Å²) in [5, 5.41) is 1.83. The zero-order valence-corrected chi connectivity index (χ0v) is 21.4. The van der Waals surface area contributed by atoms with E-state index in [1.54, 1.807) is 0 Å². The number of carbonyl (C=O) groups is 1. The molecule has 4 aromatic rings. The molecule has 0 saturated carbocycles. The van der Waals surface area contributed by atoms with E-state index in [4.69, 9.17) is 11.6 Å². The van der Waals surface area contributed by atoms with Crippen molar-refractivity contribution in [3.63, 3.8) is 0 Å². The van der Waals surface area contributed by atoms with E-state index in [9.17, 15) is 4.79 Å². The van der Waals surface area contributed by atoms with Gasteiger partial charge in [-0.05, 0) is 53.3 Å². The van der Waals surface area contributed by atoms with Crippen molar-refractivity contribution in [2.75, 3.05) is 4.90 Å². The molecule has 1 atom stereocenters. The van der Waals surface area contributed by atoms with Crippen LogP contribution in [0, 0.1) is 0 Å². The predicted octanol–water partition coefficient (Wildman–Crippen LogP) is 6.99. The molecular formula is C30H30ClN3O. The van der Waals surface area contributed by atoms with Crippen LogP contribution in [0.1, 0.15) is 49.9 Å². The molecule has 0 aliphatic carbocycles. The van der Waals surface area contributed by atoms with E-state index < -0.39 is 6.04 Å². The van der Waals surface area contributed by atoms with E-state index in [0.29, 0.717) is 18.1 Å². The van der Waals surface area contributed by atoms with Gasteiger partial charge in [0.15, 0.2) is 0 Å². The minimum atomic E-state index is -0.448. The lowest BCUT2D eigenvalue weighted by molar-refractivity contribution is -0.119. The lowest BCUT2D eigenvalue weighted by atomic mass is 9.86. The monoisotopic (exact) mass is 483 g/mol. The van der Waals surface area contributed by atoms with Crippen molar-refractivity contribution >= 4 is 40.4 Å². The first kappa shape index (κ1) is 23.4. The first-order valence-corrected chi connectivity index (χ1v) is 12.4. The molecule has 0 saturated heterocycles. The third-order valence-corrected chi connectivity index (χ3v) is 6.94. The van der Waals surface area contributed by atoms with E-state index >= 15 is 0 Å². The molecule has 1 aromatic heterocycles. The highest BCUT2D eigenvalue weighted by Gasteiger charge is 2.31. The molecule has 178 valence electrons. The Balaban J connectivity index is 1.76. The highest BCUT2D eigenvalue weighted by atomic mass is 35.5. The fourth-order valence-corrected chi connectivity index (χ4v) is 4.81. The highest BCUT2D eigenvalue weighted by molar-refractivity contribution is 6.30. The Kier molecular flexibility index (Phi) is 6.02. The van der Waals surface area contributed by atoms with Gasteiger partial charge in [0.2, 0.25) is 0 Å². The van der Waals surface area contributed by atoms with E-state index in [1.807, 2.05) is 60.5 Å². The lowest BCUT2D eigenvalue weighted by Crippen LogP contribution is -2.37. The fraction of sp³-hybridized carbons (Fsp3) is 0.267. The Morgan fingerprint density at radius 3 is 2.29 bits per heavy atom. The second kappa shape index (κ2) is 9.01. The number of aliphatic imine (C=N–C) groups is 1. The third-order valence-electron chi connectivity index (χ3n) is 6.68. The van der Waals surface area contributed by atoms with E-state index in [-0.39, 0.29) is 11.3 Å². The summed E-state index contributed by atoms with van der Waals surface area (Å²) in [6, 6.07) is 24.3. The molecule has 1 aliphatic rings. The Morgan fingerprint density at radius 2 is 1.60 bits per heavy atom. The smallest absolute Gasteiger partial charge is 0.252 e. The number of carbonyl (C=O) groups excluding carboxylic acids is 1. The predicted molar refractivity (Wildman–Crippen MR) is 146 cm³/mol. The first-order chi connectivity index (χ1) is 16.7. The summed E-state index contributed by atoms with van der Waals surface area (Å²) < 4.78 is 2.26. The maximum Gasteiger partial charge on any atom is 0.252 e. The Morgan fingerprint density at radius 1 is 0.914 bits per heavy atom. The summed E-state index contributed by atoms with van der Waals surface area (Å²) in [6.07, 6.45) is 1.90. The average molecular weight is 484 g/mol. The lowest BCUT2D eigenvalue weighted by Gasteiger charge is -2.26. The van der Waals surface area contributed by atoms with Gasteiger partial charge < -0.3 is 4.57 Å². The number of anilines is 1. The Hall–Kier alpha value is -3.37. The molecule has 4 nitrogen and oxygen atoms in total. The number of rotatable bonds is 4. The maximum atomic E-state index is 13.6. The minimum Gasteiger partial charge on any atom is -0.322 e. The number of aromatic nitrogens is 1. The third kappa shape index (κ3) is 4.51. The number of amides is 1. The molecule has 0 spiro atoms. The second-order valence-electron chi connectivity index (χ2n) is 10.3. The van der Waals surface area contributed by atoms with Gasteiger partial charge in [0, 0.05) is 28.7 Å². The van der Waals surface area contributed by atoms with Gasteiger partial charge in [-0.15, -0.1) is 0 Å². The molecule has 0 bridgehead atoms. The molecule has 0 radical (unpaired) electrons. The van der Waals surface area contributed by atoms with Crippen LogP contribution in [0.5, 0.6) is 0 Å². The molecule has 35 heavy (non-hydrogen) atoms. The summed E-state index contributed by atoms with van der Waals surface area (Å²) in [4.78, 5) is 20.2. The van der Waals surface area contributed by atoms with Crippen LogP contribution in [0.2, 0.25) is 5.02 Å². The van der Waals surface area contributed by atoms with Crippen LogP contribution in [0.25, 0.3) is 10.9 Å². The quantitative estimate of drug-likeness (QED) is 0.308. The summed E-state index contributed by atoms with van der Waals surface area (Å²) in [5.41, 5.74) is 5.55. The molecule has 2 heterocycles. The second-order valence-corrected chi connectivity index (χ2v) is 10.7. The minimum absolute atomic E-state index is 0.0000557. The van der Waals surface area contributed by atoms with Gasteiger partial charge in [-0.3, -0.25) is 14.7 Å². The summed E-state index contributed by atoms with van der Waals surface area (Å²) in [6.45, 7) is 9.65. The van der Waals surface area contributed by atoms with Crippen LogP contribution in [0.4, 0.5) is 5.82 Å². The van der Waals surface area contributed by atoms with Crippen molar-refractivity contribution in [1.29, 1.82) is 0 Å². The molecule has 0 N–H and O–H groups in total. The van der Waals surface area contributed by atoms with Gasteiger partial charge >= 0.3 is 0 Å². The van der Waals surface area contributed by atoms with E-state index in [2.05, 4.69) is 60.7 Å². The van der Waals surface area contributed by atoms with Crippen LogP contribution in [0.3, 0.4) is 0 Å². The summed E-state index contributed by atoms with van der Waals surface area (Å²) >= 11 is 6.16. The van der Waals surface area contributed by atoms with Crippen molar-refractivity contribution in [1.82, 2.24) is 4.57 Å². The van der Waals surface area contributed by atoms with Crippen LogP contribution in [-0.2, 0) is 23.3 Å². The van der Waals surface area contributed by atoms with Crippen LogP contribution >= 0.6 is 11.6 Å². The SMILES string of the molecule is CC1N=Cc2c(n(Cc3ccc(Cl)cc3)c3ccc(C(C)(C)C)cc23)N(Cc2ccccc2)C1=O. The molecule has 5 heteroatoms. The van der Waals surface area contributed by atoms with E-state index in [1.165, 1.54) is 5.56 Å². The van der Waals surface area contributed by atoms with Crippen molar-refractivity contribution in [2.24, 2.45) is 4.99 Å². The maximum absolute atomic E-state index is 13.6. The van der Waals surface area contributed by atoms with Gasteiger partial charge in [0.25, 0.3) is 5.91 Å². The Labute approximate surface area is 211 Å². The molecule has 5 rings (SSSR count). The highest BCUT2D eigenvalue weighted by Crippen LogP contribution is 2.38. The van der Waals surface area contributed by atoms with Gasteiger partial charge in [-0.2, -0.15) is 0 Å². The van der Waals surface area contributed by atoms with Crippen LogP contribution in [-0.4, -0.2) is 22.7 Å². The first-order valence-electron chi connectivity index (χ1n) is 12.0. The van der Waals surface area contributed by atoms with Crippen LogP contribution in [0.15, 0.2) is 77.8 Å². The molecule has 1 aliphatic heterocycles. The van der Waals surface area contributed by atoms with Gasteiger partial charge in [-0.1, -0.05) is 80.9 Å². The zero-order chi connectivity index (χ0) is 24.7. The molecule has 1 unspecified atom stereocenters. The summed E-state index contributed by atoms with van der Waals surface area (Å²) in [5.74, 6) is 0.892. The summed E-state index contributed by atoms with van der Waals surface area (Å²) in [7, 11) is 0. The number of hydrogen-bond acceptors (Lipinski definition) is 2. The number of hydrogen-bond donors (Lipinski definition) is 0. The fourth-order valence-electron chi connectivity index (χ4n) is 4.68. The number of benzene rings is 3. The number of fused-ring (bicyclic) bond motifs is 3. The topological polar surface area (TPSA) is 37.6 Å². The van der Waals surface area contributed by atoms with Crippen molar-refractivity contribution in [3.8, 4) is 0 Å². The van der Waals surface area contributed by atoms with Crippen molar-refractivity contribution in [2.45, 2.75) is 52.2 Å². The number of nitrogens with zero attached hydrogens (tertiary/aromatic N) is 3. The van der Waals surface area contributed by atoms with Crippen molar-refractivity contribution < 1.29 is 4.79 Å². The molecular weight excluding hydrogens is 454 g/mol. The zero-order valence-electron chi connectivity index (χ0n) is 20.6. The average Bonchev–Trinajstić information content (AvgIpc) is 3.07. The molecule has 3 aromatic carbocycles. The van der Waals surface area contributed by atoms with Crippen molar-refractivity contribution in [3.05, 3.63) is 100 Å². The van der Waals surface area contributed by atoms with Gasteiger partial charge in [0.05, 0.1) is 12.1 Å². The standard InChI is InChI=1S/C30H30ClN3O/c1-20-29(35)34(19-21-8-6-5-7-9-21)28-26(17-32-20)25-16-23(30(2,3)4)12-15-27(25)33(28)18-22-10-13-24(31)14-11-22/h5-17,20H,18-19H2,1-4H3. The normalized spacial score (nSPS) is 16.0. The van der Waals surface area contributed by atoms with Gasteiger partial charge in [0.1, 0.15) is 11.9 Å². The van der Waals surface area contributed by atoms with E-state index in [0.717, 1.165) is 33.4 Å². The molecule has 0 fully saturated rings.